The molecule has 3 aromatic rings. The second-order valence-corrected chi connectivity index (χ2v) is 8.02. The largest absolute Gasteiger partial charge is 0.496 e. The number of anilines is 1. The third-order valence-corrected chi connectivity index (χ3v) is 5.73. The summed E-state index contributed by atoms with van der Waals surface area (Å²) in [4.78, 5) is 7.36. The molecule has 1 aliphatic heterocycles. The minimum Gasteiger partial charge on any atom is -0.496 e. The highest BCUT2D eigenvalue weighted by atomic mass is 16.5. The summed E-state index contributed by atoms with van der Waals surface area (Å²) in [6, 6.07) is 10.4. The first-order valence-corrected chi connectivity index (χ1v) is 10.7. The van der Waals surface area contributed by atoms with Crippen molar-refractivity contribution in [3.63, 3.8) is 0 Å². The molecule has 160 valence electrons. The Balaban J connectivity index is 1.49. The summed E-state index contributed by atoms with van der Waals surface area (Å²) in [5, 5.41) is 4.41. The van der Waals surface area contributed by atoms with Gasteiger partial charge in [-0.3, -0.25) is 4.90 Å². The molecule has 0 radical (unpaired) electrons. The van der Waals surface area contributed by atoms with Gasteiger partial charge in [-0.15, -0.1) is 0 Å². The highest BCUT2D eigenvalue weighted by Gasteiger charge is 2.24. The fourth-order valence-electron chi connectivity index (χ4n) is 4.30. The zero-order valence-electron chi connectivity index (χ0n) is 18.1. The summed E-state index contributed by atoms with van der Waals surface area (Å²) in [6.07, 6.45) is 2.28. The van der Waals surface area contributed by atoms with Crippen molar-refractivity contribution in [3.8, 4) is 5.75 Å². The van der Waals surface area contributed by atoms with Gasteiger partial charge in [0, 0.05) is 43.3 Å². The monoisotopic (exact) mass is 409 g/mol. The molecule has 4 rings (SSSR count). The number of fused-ring (bicyclic) bond motifs is 1. The van der Waals surface area contributed by atoms with Crippen LogP contribution in [0.2, 0.25) is 0 Å². The van der Waals surface area contributed by atoms with E-state index in [2.05, 4.69) is 22.1 Å². The molecule has 1 aromatic carbocycles. The molecule has 2 aromatic heterocycles. The highest BCUT2D eigenvalue weighted by Crippen LogP contribution is 2.29. The van der Waals surface area contributed by atoms with E-state index in [4.69, 9.17) is 20.2 Å². The molecule has 1 unspecified atom stereocenters. The van der Waals surface area contributed by atoms with E-state index in [9.17, 15) is 0 Å². The molecule has 7 heteroatoms. The summed E-state index contributed by atoms with van der Waals surface area (Å²) in [5.41, 5.74) is 11.4. The number of rotatable bonds is 7. The Morgan fingerprint density at radius 2 is 2.10 bits per heavy atom. The fraction of sp³-hybridized carbons (Fsp3) is 0.478. The highest BCUT2D eigenvalue weighted by molar-refractivity contribution is 5.48. The first-order chi connectivity index (χ1) is 14.6. The Hall–Kier alpha value is -2.64. The van der Waals surface area contributed by atoms with Gasteiger partial charge in [-0.1, -0.05) is 6.07 Å². The number of piperidine rings is 1. The molecule has 1 fully saturated rings. The molecule has 2 N–H and O–H groups in total. The van der Waals surface area contributed by atoms with Crippen molar-refractivity contribution in [3.05, 3.63) is 52.8 Å². The summed E-state index contributed by atoms with van der Waals surface area (Å²) in [6.45, 7) is 8.21. The normalized spacial score (nSPS) is 17.5. The van der Waals surface area contributed by atoms with E-state index in [0.29, 0.717) is 24.9 Å². The first-order valence-electron chi connectivity index (χ1n) is 10.7. The number of nitrogen functional groups attached to an aromatic ring is 1. The maximum Gasteiger partial charge on any atom is 0.157 e. The molecule has 1 atom stereocenters. The van der Waals surface area contributed by atoms with Crippen LogP contribution in [0.5, 0.6) is 5.75 Å². The van der Waals surface area contributed by atoms with E-state index >= 15 is 0 Å². The molecule has 0 bridgehead atoms. The predicted molar refractivity (Wildman–Crippen MR) is 118 cm³/mol. The van der Waals surface area contributed by atoms with Crippen LogP contribution in [0.4, 0.5) is 5.82 Å². The van der Waals surface area contributed by atoms with Crippen molar-refractivity contribution >= 4 is 11.5 Å². The number of nitrogens with zero attached hydrogens (tertiary/aromatic N) is 4. The van der Waals surface area contributed by atoms with Crippen LogP contribution in [0.25, 0.3) is 5.65 Å². The number of aryl methyl sites for hydroxylation is 1. The molecular weight excluding hydrogens is 378 g/mol. The third kappa shape index (κ3) is 4.42. The summed E-state index contributed by atoms with van der Waals surface area (Å²) >= 11 is 0. The Bertz CT molecular complexity index is 1020. The molecule has 3 heterocycles. The molecule has 0 amide bonds. The van der Waals surface area contributed by atoms with E-state index in [1.807, 2.05) is 32.0 Å². The topological polar surface area (TPSA) is 77.9 Å². The van der Waals surface area contributed by atoms with Crippen LogP contribution in [-0.2, 0) is 17.9 Å². The summed E-state index contributed by atoms with van der Waals surface area (Å²) < 4.78 is 12.8. The minimum absolute atomic E-state index is 0.377. The van der Waals surface area contributed by atoms with Crippen LogP contribution in [0.3, 0.4) is 0 Å². The van der Waals surface area contributed by atoms with Gasteiger partial charge in [0.1, 0.15) is 11.6 Å². The van der Waals surface area contributed by atoms with Gasteiger partial charge in [-0.2, -0.15) is 9.61 Å². The lowest BCUT2D eigenvalue weighted by Crippen LogP contribution is -2.34. The smallest absolute Gasteiger partial charge is 0.157 e. The molecule has 7 nitrogen and oxygen atoms in total. The zero-order valence-corrected chi connectivity index (χ0v) is 18.1. The van der Waals surface area contributed by atoms with Crippen LogP contribution in [-0.4, -0.2) is 46.3 Å². The average molecular weight is 410 g/mol. The van der Waals surface area contributed by atoms with Crippen molar-refractivity contribution < 1.29 is 9.47 Å². The summed E-state index contributed by atoms with van der Waals surface area (Å²) in [5.74, 6) is 1.91. The first kappa shape index (κ1) is 20.6. The number of aromatic nitrogens is 3. The number of hydrogen-bond donors (Lipinski definition) is 1. The number of hydrogen-bond acceptors (Lipinski definition) is 6. The minimum atomic E-state index is 0.377. The van der Waals surface area contributed by atoms with E-state index in [0.717, 1.165) is 60.8 Å². The third-order valence-electron chi connectivity index (χ3n) is 5.73. The molecule has 1 aliphatic rings. The quantitative estimate of drug-likeness (QED) is 0.643. The fourth-order valence-corrected chi connectivity index (χ4v) is 4.30. The molecule has 30 heavy (non-hydrogen) atoms. The van der Waals surface area contributed by atoms with Gasteiger partial charge in [0.15, 0.2) is 5.65 Å². The zero-order chi connectivity index (χ0) is 21.1. The van der Waals surface area contributed by atoms with Gasteiger partial charge in [0.2, 0.25) is 0 Å². The molecule has 1 saturated heterocycles. The second-order valence-electron chi connectivity index (χ2n) is 8.02. The van der Waals surface area contributed by atoms with Crippen molar-refractivity contribution in [2.45, 2.75) is 45.8 Å². The number of methoxy groups -OCH3 is 1. The van der Waals surface area contributed by atoms with E-state index in [1.165, 1.54) is 5.56 Å². The Morgan fingerprint density at radius 1 is 1.23 bits per heavy atom. The standard InChI is InChI=1S/C23H31N5O2/c1-4-30-15-19-11-17(7-8-21(19)29-3)13-27-9-5-6-18(14-27)20-12-22(24)28-23(25-20)10-16(2)26-28/h7-8,10-12,18H,4-6,9,13-15,24H2,1-3H3. The lowest BCUT2D eigenvalue weighted by Gasteiger charge is -2.32. The van der Waals surface area contributed by atoms with E-state index in [1.54, 1.807) is 11.6 Å². The molecule has 0 aliphatic carbocycles. The maximum absolute atomic E-state index is 6.24. The van der Waals surface area contributed by atoms with Gasteiger partial charge < -0.3 is 15.2 Å². The van der Waals surface area contributed by atoms with Crippen LogP contribution >= 0.6 is 0 Å². The maximum atomic E-state index is 6.24. The van der Waals surface area contributed by atoms with E-state index in [-0.39, 0.29) is 0 Å². The van der Waals surface area contributed by atoms with Crippen molar-refractivity contribution in [1.29, 1.82) is 0 Å². The Labute approximate surface area is 177 Å². The number of nitrogens with two attached hydrogens (primary N) is 1. The van der Waals surface area contributed by atoms with E-state index < -0.39 is 0 Å². The Kier molecular flexibility index (Phi) is 6.20. The van der Waals surface area contributed by atoms with Crippen LogP contribution < -0.4 is 10.5 Å². The van der Waals surface area contributed by atoms with Crippen LogP contribution in [0.1, 0.15) is 48.2 Å². The lowest BCUT2D eigenvalue weighted by molar-refractivity contribution is 0.131. The number of likely N-dealkylation sites (tertiary alicyclic amines) is 1. The van der Waals surface area contributed by atoms with Crippen LogP contribution in [0.15, 0.2) is 30.3 Å². The lowest BCUT2D eigenvalue weighted by atomic mass is 9.94. The predicted octanol–water partition coefficient (Wildman–Crippen LogP) is 3.54. The number of benzene rings is 1. The molecule has 0 spiro atoms. The molecule has 0 saturated carbocycles. The Morgan fingerprint density at radius 3 is 2.90 bits per heavy atom. The number of ether oxygens (including phenoxy) is 2. The van der Waals surface area contributed by atoms with Gasteiger partial charge >= 0.3 is 0 Å². The molecular formula is C23H31N5O2. The van der Waals surface area contributed by atoms with Gasteiger partial charge in [0.25, 0.3) is 0 Å². The van der Waals surface area contributed by atoms with Crippen LogP contribution in [0, 0.1) is 6.92 Å². The SMILES string of the molecule is CCOCc1cc(CN2CCCC(c3cc(N)n4nc(C)cc4n3)C2)ccc1OC. The summed E-state index contributed by atoms with van der Waals surface area (Å²) in [7, 11) is 1.71. The van der Waals surface area contributed by atoms with Crippen molar-refractivity contribution in [2.75, 3.05) is 32.5 Å². The van der Waals surface area contributed by atoms with Gasteiger partial charge in [-0.05, 0) is 50.9 Å². The van der Waals surface area contributed by atoms with Crippen molar-refractivity contribution in [2.24, 2.45) is 0 Å². The van der Waals surface area contributed by atoms with Gasteiger partial charge in [-0.25, -0.2) is 4.98 Å². The van der Waals surface area contributed by atoms with Gasteiger partial charge in [0.05, 0.1) is 25.1 Å². The van der Waals surface area contributed by atoms with Crippen molar-refractivity contribution in [1.82, 2.24) is 19.5 Å². The second kappa shape index (κ2) is 9.02. The average Bonchev–Trinajstić information content (AvgIpc) is 3.13.